The van der Waals surface area contributed by atoms with E-state index < -0.39 is 0 Å². The van der Waals surface area contributed by atoms with Gasteiger partial charge in [-0.15, -0.1) is 0 Å². The fourth-order valence-electron chi connectivity index (χ4n) is 3.06. The van der Waals surface area contributed by atoms with Crippen molar-refractivity contribution in [3.05, 3.63) is 34.9 Å². The lowest BCUT2D eigenvalue weighted by molar-refractivity contribution is -0.122. The third-order valence-corrected chi connectivity index (χ3v) is 5.36. The monoisotopic (exact) mass is 357 g/mol. The summed E-state index contributed by atoms with van der Waals surface area (Å²) in [4.78, 5) is 12.3. The molecule has 0 saturated heterocycles. The van der Waals surface area contributed by atoms with E-state index in [0.717, 1.165) is 23.7 Å². The highest BCUT2D eigenvalue weighted by molar-refractivity contribution is 9.09. The van der Waals surface area contributed by atoms with Gasteiger partial charge in [-0.05, 0) is 36.5 Å². The second-order valence-electron chi connectivity index (χ2n) is 5.97. The molecular formula is C16H21BrClNO. The summed E-state index contributed by atoms with van der Waals surface area (Å²) in [5.74, 6) is 0.776. The van der Waals surface area contributed by atoms with Gasteiger partial charge in [0.15, 0.2) is 0 Å². The molecule has 20 heavy (non-hydrogen) atoms. The van der Waals surface area contributed by atoms with Crippen LogP contribution in [0.1, 0.15) is 38.2 Å². The molecule has 0 heterocycles. The van der Waals surface area contributed by atoms with Gasteiger partial charge in [-0.2, -0.15) is 0 Å². The second-order valence-corrected chi connectivity index (χ2v) is 6.96. The normalized spacial score (nSPS) is 26.2. The highest BCUT2D eigenvalue weighted by Crippen LogP contribution is 2.33. The average molecular weight is 359 g/mol. The molecular weight excluding hydrogens is 338 g/mol. The maximum absolute atomic E-state index is 12.3. The maximum atomic E-state index is 12.3. The van der Waals surface area contributed by atoms with Crippen molar-refractivity contribution in [2.45, 2.75) is 44.6 Å². The van der Waals surface area contributed by atoms with E-state index >= 15 is 0 Å². The van der Waals surface area contributed by atoms with Crippen molar-refractivity contribution in [2.75, 3.05) is 5.33 Å². The van der Waals surface area contributed by atoms with E-state index in [9.17, 15) is 4.79 Å². The predicted octanol–water partition coefficient (Wildman–Crippen LogP) is 4.34. The molecule has 1 fully saturated rings. The zero-order valence-electron chi connectivity index (χ0n) is 11.8. The highest BCUT2D eigenvalue weighted by Gasteiger charge is 2.35. The number of benzene rings is 1. The Morgan fingerprint density at radius 3 is 2.75 bits per heavy atom. The van der Waals surface area contributed by atoms with E-state index in [2.05, 4.69) is 28.2 Å². The first-order valence-corrected chi connectivity index (χ1v) is 8.64. The number of hydrogen-bond donors (Lipinski definition) is 1. The molecule has 1 saturated carbocycles. The van der Waals surface area contributed by atoms with Crippen LogP contribution in [0, 0.1) is 5.92 Å². The standard InChI is InChI=1S/C16H21BrClNO/c1-12-3-2-8-16(10-12,11-17)19-15(20)9-13-4-6-14(18)7-5-13/h4-7,12H,2-3,8-11H2,1H3,(H,19,20). The van der Waals surface area contributed by atoms with Crippen LogP contribution in [0.15, 0.2) is 24.3 Å². The molecule has 2 unspecified atom stereocenters. The van der Waals surface area contributed by atoms with Gasteiger partial charge in [-0.3, -0.25) is 4.79 Å². The summed E-state index contributed by atoms with van der Waals surface area (Å²) in [5, 5.41) is 4.79. The van der Waals surface area contributed by atoms with Gasteiger partial charge >= 0.3 is 0 Å². The third kappa shape index (κ3) is 4.23. The Kier molecular flexibility index (Phi) is 5.50. The maximum Gasteiger partial charge on any atom is 0.224 e. The van der Waals surface area contributed by atoms with Crippen molar-refractivity contribution in [1.29, 1.82) is 0 Å². The van der Waals surface area contributed by atoms with Crippen LogP contribution in [0.4, 0.5) is 0 Å². The van der Waals surface area contributed by atoms with Gasteiger partial charge in [0.2, 0.25) is 5.91 Å². The number of carbonyl (C=O) groups excluding carboxylic acids is 1. The summed E-state index contributed by atoms with van der Waals surface area (Å²) in [6.45, 7) is 2.27. The van der Waals surface area contributed by atoms with Crippen molar-refractivity contribution in [3.8, 4) is 0 Å². The molecule has 4 heteroatoms. The van der Waals surface area contributed by atoms with Crippen LogP contribution >= 0.6 is 27.5 Å². The van der Waals surface area contributed by atoms with Crippen molar-refractivity contribution in [2.24, 2.45) is 5.92 Å². The number of carbonyl (C=O) groups is 1. The lowest BCUT2D eigenvalue weighted by Gasteiger charge is -2.39. The molecule has 1 aromatic rings. The predicted molar refractivity (Wildman–Crippen MR) is 87.5 cm³/mol. The van der Waals surface area contributed by atoms with Gasteiger partial charge in [-0.1, -0.05) is 59.4 Å². The molecule has 1 aromatic carbocycles. The lowest BCUT2D eigenvalue weighted by atomic mass is 9.77. The second kappa shape index (κ2) is 6.95. The smallest absolute Gasteiger partial charge is 0.224 e. The number of nitrogens with one attached hydrogen (secondary N) is 1. The molecule has 0 spiro atoms. The van der Waals surface area contributed by atoms with Crippen LogP contribution in [0.5, 0.6) is 0 Å². The molecule has 2 atom stereocenters. The van der Waals surface area contributed by atoms with Crippen LogP contribution in [0.25, 0.3) is 0 Å². The minimum atomic E-state index is -0.0683. The Balaban J connectivity index is 1.97. The van der Waals surface area contributed by atoms with Gasteiger partial charge in [-0.25, -0.2) is 0 Å². The summed E-state index contributed by atoms with van der Waals surface area (Å²) in [6, 6.07) is 7.47. The lowest BCUT2D eigenvalue weighted by Crippen LogP contribution is -2.53. The van der Waals surface area contributed by atoms with Crippen molar-refractivity contribution in [3.63, 3.8) is 0 Å². The van der Waals surface area contributed by atoms with E-state index in [1.807, 2.05) is 24.3 Å². The van der Waals surface area contributed by atoms with E-state index in [4.69, 9.17) is 11.6 Å². The summed E-state index contributed by atoms with van der Waals surface area (Å²) in [6.07, 6.45) is 5.00. The van der Waals surface area contributed by atoms with Gasteiger partial charge in [0.1, 0.15) is 0 Å². The molecule has 2 rings (SSSR count). The van der Waals surface area contributed by atoms with Gasteiger partial charge < -0.3 is 5.32 Å². The first kappa shape index (κ1) is 15.8. The van der Waals surface area contributed by atoms with Gasteiger partial charge in [0.25, 0.3) is 0 Å². The minimum absolute atomic E-state index is 0.0683. The molecule has 1 amide bonds. The fourth-order valence-corrected chi connectivity index (χ4v) is 3.83. The summed E-state index contributed by atoms with van der Waals surface area (Å²) < 4.78 is 0. The summed E-state index contributed by atoms with van der Waals surface area (Å²) in [7, 11) is 0. The van der Waals surface area contributed by atoms with Crippen LogP contribution in [-0.2, 0) is 11.2 Å². The van der Waals surface area contributed by atoms with E-state index in [1.54, 1.807) is 0 Å². The number of alkyl halides is 1. The SMILES string of the molecule is CC1CCCC(CBr)(NC(=O)Cc2ccc(Cl)cc2)C1. The quantitative estimate of drug-likeness (QED) is 0.797. The number of halogens is 2. The Labute approximate surface area is 134 Å². The molecule has 0 aromatic heterocycles. The Hall–Kier alpha value is -0.540. The number of hydrogen-bond acceptors (Lipinski definition) is 1. The van der Waals surface area contributed by atoms with Gasteiger partial charge in [0.05, 0.1) is 6.42 Å². The van der Waals surface area contributed by atoms with Crippen LogP contribution in [0.2, 0.25) is 5.02 Å². The van der Waals surface area contributed by atoms with E-state index in [-0.39, 0.29) is 11.4 Å². The van der Waals surface area contributed by atoms with Crippen LogP contribution in [0.3, 0.4) is 0 Å². The summed E-state index contributed by atoms with van der Waals surface area (Å²) in [5.41, 5.74) is 0.932. The van der Waals surface area contributed by atoms with E-state index in [0.29, 0.717) is 17.4 Å². The Morgan fingerprint density at radius 1 is 1.45 bits per heavy atom. The van der Waals surface area contributed by atoms with Crippen molar-refractivity contribution in [1.82, 2.24) is 5.32 Å². The summed E-state index contributed by atoms with van der Waals surface area (Å²) >= 11 is 9.44. The largest absolute Gasteiger partial charge is 0.350 e. The minimum Gasteiger partial charge on any atom is -0.350 e. The number of amides is 1. The van der Waals surface area contributed by atoms with E-state index in [1.165, 1.54) is 12.8 Å². The topological polar surface area (TPSA) is 29.1 Å². The first-order valence-electron chi connectivity index (χ1n) is 7.14. The van der Waals surface area contributed by atoms with Crippen LogP contribution < -0.4 is 5.32 Å². The highest BCUT2D eigenvalue weighted by atomic mass is 79.9. The average Bonchev–Trinajstić information content (AvgIpc) is 2.41. The molecule has 0 radical (unpaired) electrons. The van der Waals surface area contributed by atoms with Gasteiger partial charge in [0, 0.05) is 15.9 Å². The molecule has 2 nitrogen and oxygen atoms in total. The number of rotatable bonds is 4. The molecule has 110 valence electrons. The van der Waals surface area contributed by atoms with Crippen molar-refractivity contribution < 1.29 is 4.79 Å². The molecule has 0 aliphatic heterocycles. The third-order valence-electron chi connectivity index (χ3n) is 4.03. The zero-order chi connectivity index (χ0) is 14.6. The first-order chi connectivity index (χ1) is 9.53. The molecule has 1 aliphatic rings. The molecule has 1 N–H and O–H groups in total. The molecule has 1 aliphatic carbocycles. The Bertz CT molecular complexity index is 462. The van der Waals surface area contributed by atoms with Crippen LogP contribution in [-0.4, -0.2) is 16.8 Å². The molecule has 0 bridgehead atoms. The zero-order valence-corrected chi connectivity index (χ0v) is 14.1. The Morgan fingerprint density at radius 2 is 2.15 bits per heavy atom. The fraction of sp³-hybridized carbons (Fsp3) is 0.562. The van der Waals surface area contributed by atoms with Crippen molar-refractivity contribution >= 4 is 33.4 Å².